The zero-order valence-electron chi connectivity index (χ0n) is 16.0. The maximum Gasteiger partial charge on any atom is 0.191 e. The van der Waals surface area contributed by atoms with Crippen LogP contribution in [0.2, 0.25) is 0 Å². The maximum absolute atomic E-state index is 5.85. The molecule has 2 aromatic rings. The highest BCUT2D eigenvalue weighted by atomic mass is 16.5. The van der Waals surface area contributed by atoms with Gasteiger partial charge in [0.15, 0.2) is 5.96 Å². The second kappa shape index (κ2) is 10.5. The quantitative estimate of drug-likeness (QED) is 0.420. The summed E-state index contributed by atoms with van der Waals surface area (Å²) < 4.78 is 5.85. The molecule has 0 bridgehead atoms. The molecule has 0 aromatic heterocycles. The lowest BCUT2D eigenvalue weighted by atomic mass is 10.1. The molecule has 0 aliphatic heterocycles. The van der Waals surface area contributed by atoms with Gasteiger partial charge in [0.2, 0.25) is 0 Å². The number of hydrogen-bond acceptors (Lipinski definition) is 2. The Labute approximate surface area is 162 Å². The van der Waals surface area contributed by atoms with Crippen molar-refractivity contribution >= 4 is 5.96 Å². The van der Waals surface area contributed by atoms with Gasteiger partial charge in [-0.1, -0.05) is 66.7 Å². The fraction of sp³-hybridized carbons (Fsp3) is 0.348. The van der Waals surface area contributed by atoms with Gasteiger partial charge in [-0.15, -0.1) is 0 Å². The molecule has 2 N–H and O–H groups in total. The van der Waals surface area contributed by atoms with Crippen LogP contribution in [0.25, 0.3) is 0 Å². The first-order valence-electron chi connectivity index (χ1n) is 9.73. The molecule has 27 heavy (non-hydrogen) atoms. The first-order chi connectivity index (χ1) is 13.3. The molecule has 142 valence electrons. The molecule has 1 aliphatic carbocycles. The molecule has 0 fully saturated rings. The molecule has 4 nitrogen and oxygen atoms in total. The molecule has 0 unspecified atom stereocenters. The van der Waals surface area contributed by atoms with E-state index in [1.165, 1.54) is 16.7 Å². The highest BCUT2D eigenvalue weighted by molar-refractivity contribution is 5.80. The number of benzene rings is 2. The van der Waals surface area contributed by atoms with Crippen LogP contribution in [0.4, 0.5) is 0 Å². The molecule has 2 aromatic carbocycles. The average molecular weight is 364 g/mol. The zero-order chi connectivity index (χ0) is 18.7. The van der Waals surface area contributed by atoms with E-state index in [2.05, 4.69) is 66.1 Å². The van der Waals surface area contributed by atoms with E-state index >= 15 is 0 Å². The molecule has 0 saturated heterocycles. The Hall–Kier alpha value is -2.59. The minimum atomic E-state index is 0.459. The van der Waals surface area contributed by atoms with E-state index in [4.69, 9.17) is 9.73 Å². The summed E-state index contributed by atoms with van der Waals surface area (Å²) in [6.45, 7) is 4.85. The fourth-order valence-corrected chi connectivity index (χ4v) is 3.10. The van der Waals surface area contributed by atoms with Crippen molar-refractivity contribution in [3.63, 3.8) is 0 Å². The molecule has 0 atom stereocenters. The van der Waals surface area contributed by atoms with Gasteiger partial charge in [0.1, 0.15) is 0 Å². The van der Waals surface area contributed by atoms with Crippen molar-refractivity contribution in [2.75, 3.05) is 6.54 Å². The normalized spacial score (nSPS) is 14.5. The third kappa shape index (κ3) is 6.57. The third-order valence-corrected chi connectivity index (χ3v) is 4.48. The predicted octanol–water partition coefficient (Wildman–Crippen LogP) is 4.18. The van der Waals surface area contributed by atoms with Crippen molar-refractivity contribution in [1.29, 1.82) is 0 Å². The fourth-order valence-electron chi connectivity index (χ4n) is 3.10. The highest BCUT2D eigenvalue weighted by Crippen LogP contribution is 2.11. The number of nitrogens with zero attached hydrogens (tertiary/aromatic N) is 1. The van der Waals surface area contributed by atoms with Crippen LogP contribution in [0.15, 0.2) is 71.7 Å². The molecule has 3 rings (SSSR count). The van der Waals surface area contributed by atoms with Crippen molar-refractivity contribution < 1.29 is 4.74 Å². The minimum absolute atomic E-state index is 0.459. The van der Waals surface area contributed by atoms with E-state index in [0.717, 1.165) is 25.3 Å². The number of ether oxygens (including phenoxy) is 1. The van der Waals surface area contributed by atoms with Gasteiger partial charge >= 0.3 is 0 Å². The number of aliphatic imine (C=N–C) groups is 1. The topological polar surface area (TPSA) is 45.7 Å². The molecule has 1 aliphatic rings. The van der Waals surface area contributed by atoms with Crippen LogP contribution >= 0.6 is 0 Å². The van der Waals surface area contributed by atoms with Crippen molar-refractivity contribution in [1.82, 2.24) is 10.6 Å². The van der Waals surface area contributed by atoms with Crippen LogP contribution in [-0.4, -0.2) is 18.5 Å². The SMILES string of the molecule is CCNC(=NCc1cccc(COCc2ccccc2)c1)NC1CC=CC1. The molecule has 0 radical (unpaired) electrons. The first kappa shape index (κ1) is 19.2. The lowest BCUT2D eigenvalue weighted by Crippen LogP contribution is -2.42. The summed E-state index contributed by atoms with van der Waals surface area (Å²) in [5.74, 6) is 0.886. The predicted molar refractivity (Wildman–Crippen MR) is 111 cm³/mol. The summed E-state index contributed by atoms with van der Waals surface area (Å²) in [6, 6.07) is 19.2. The van der Waals surface area contributed by atoms with E-state index in [-0.39, 0.29) is 0 Å². The van der Waals surface area contributed by atoms with E-state index in [9.17, 15) is 0 Å². The van der Waals surface area contributed by atoms with Gasteiger partial charge in [-0.05, 0) is 36.5 Å². The molecular formula is C23H29N3O. The standard InChI is InChI=1S/C23H29N3O/c1-2-24-23(26-22-13-6-7-14-22)25-16-20-11-8-12-21(15-20)18-27-17-19-9-4-3-5-10-19/h3-12,15,22H,2,13-14,16-18H2,1H3,(H2,24,25,26). The Kier molecular flexibility index (Phi) is 7.48. The van der Waals surface area contributed by atoms with Gasteiger partial charge in [0, 0.05) is 12.6 Å². The summed E-state index contributed by atoms with van der Waals surface area (Å²) in [7, 11) is 0. The summed E-state index contributed by atoms with van der Waals surface area (Å²) in [5.41, 5.74) is 3.56. The molecule has 4 heteroatoms. The number of rotatable bonds is 8. The Morgan fingerprint density at radius 1 is 0.963 bits per heavy atom. The lowest BCUT2D eigenvalue weighted by molar-refractivity contribution is 0.107. The highest BCUT2D eigenvalue weighted by Gasteiger charge is 2.11. The number of hydrogen-bond donors (Lipinski definition) is 2. The molecule has 0 heterocycles. The summed E-state index contributed by atoms with van der Waals surface area (Å²) in [5, 5.41) is 6.84. The minimum Gasteiger partial charge on any atom is -0.372 e. The van der Waals surface area contributed by atoms with Gasteiger partial charge in [0.05, 0.1) is 19.8 Å². The van der Waals surface area contributed by atoms with Crippen LogP contribution < -0.4 is 10.6 Å². The van der Waals surface area contributed by atoms with Gasteiger partial charge in [-0.3, -0.25) is 0 Å². The van der Waals surface area contributed by atoms with Crippen molar-refractivity contribution in [2.45, 2.75) is 45.6 Å². The average Bonchev–Trinajstić information content (AvgIpc) is 3.21. The summed E-state index contributed by atoms with van der Waals surface area (Å²) >= 11 is 0. The summed E-state index contributed by atoms with van der Waals surface area (Å²) in [6.07, 6.45) is 6.58. The van der Waals surface area contributed by atoms with Crippen molar-refractivity contribution in [2.24, 2.45) is 4.99 Å². The lowest BCUT2D eigenvalue weighted by Gasteiger charge is -2.16. The largest absolute Gasteiger partial charge is 0.372 e. The monoisotopic (exact) mass is 363 g/mol. The zero-order valence-corrected chi connectivity index (χ0v) is 16.0. The Morgan fingerprint density at radius 3 is 2.44 bits per heavy atom. The third-order valence-electron chi connectivity index (χ3n) is 4.48. The Bertz CT molecular complexity index is 747. The second-order valence-corrected chi connectivity index (χ2v) is 6.78. The Balaban J connectivity index is 1.52. The second-order valence-electron chi connectivity index (χ2n) is 6.78. The van der Waals surface area contributed by atoms with Gasteiger partial charge in [0.25, 0.3) is 0 Å². The van der Waals surface area contributed by atoms with Crippen LogP contribution in [-0.2, 0) is 24.5 Å². The smallest absolute Gasteiger partial charge is 0.191 e. The molecule has 0 amide bonds. The number of guanidine groups is 1. The summed E-state index contributed by atoms with van der Waals surface area (Å²) in [4.78, 5) is 4.74. The maximum atomic E-state index is 5.85. The van der Waals surface area contributed by atoms with Crippen LogP contribution in [0.1, 0.15) is 36.5 Å². The van der Waals surface area contributed by atoms with Crippen molar-refractivity contribution in [3.05, 3.63) is 83.4 Å². The van der Waals surface area contributed by atoms with Crippen molar-refractivity contribution in [3.8, 4) is 0 Å². The Morgan fingerprint density at radius 2 is 1.67 bits per heavy atom. The van der Waals surface area contributed by atoms with E-state index in [0.29, 0.717) is 25.8 Å². The number of nitrogens with one attached hydrogen (secondary N) is 2. The van der Waals surface area contributed by atoms with Gasteiger partial charge in [-0.25, -0.2) is 4.99 Å². The van der Waals surface area contributed by atoms with E-state index < -0.39 is 0 Å². The first-order valence-corrected chi connectivity index (χ1v) is 9.73. The molecular weight excluding hydrogens is 334 g/mol. The molecule has 0 saturated carbocycles. The van der Waals surface area contributed by atoms with E-state index in [1.807, 2.05) is 18.2 Å². The van der Waals surface area contributed by atoms with E-state index in [1.54, 1.807) is 0 Å². The van der Waals surface area contributed by atoms with Gasteiger partial charge < -0.3 is 15.4 Å². The van der Waals surface area contributed by atoms with Crippen LogP contribution in [0.5, 0.6) is 0 Å². The van der Waals surface area contributed by atoms with Crippen LogP contribution in [0.3, 0.4) is 0 Å². The van der Waals surface area contributed by atoms with Gasteiger partial charge in [-0.2, -0.15) is 0 Å². The molecule has 0 spiro atoms. The van der Waals surface area contributed by atoms with Crippen LogP contribution in [0, 0.1) is 0 Å².